The molecule has 2 saturated heterocycles. The Kier molecular flexibility index (Phi) is 6.60. The van der Waals surface area contributed by atoms with E-state index in [-0.39, 0.29) is 5.41 Å². The molecule has 0 unspecified atom stereocenters. The lowest BCUT2D eigenvalue weighted by Gasteiger charge is -2.38. The predicted octanol–water partition coefficient (Wildman–Crippen LogP) is 4.94. The number of nitrogens with zero attached hydrogens (tertiary/aromatic N) is 4. The minimum absolute atomic E-state index is 0.0506. The first-order valence-corrected chi connectivity index (χ1v) is 13.8. The smallest absolute Gasteiger partial charge is 0.211 e. The Morgan fingerprint density at radius 2 is 1.70 bits per heavy atom. The van der Waals surface area contributed by atoms with Gasteiger partial charge in [-0.05, 0) is 60.6 Å². The number of hydrogen-bond acceptors (Lipinski definition) is 6. The molecule has 0 saturated carbocycles. The molecule has 0 aliphatic carbocycles. The molecule has 192 valence electrons. The minimum Gasteiger partial charge on any atom is -0.456 e. The van der Waals surface area contributed by atoms with Crippen molar-refractivity contribution in [3.8, 4) is 28.7 Å². The van der Waals surface area contributed by atoms with Crippen LogP contribution in [0.25, 0.3) is 11.1 Å². The van der Waals surface area contributed by atoms with Crippen LogP contribution in [0.2, 0.25) is 0 Å². The number of aromatic nitrogens is 1. The Hall–Kier alpha value is -3.55. The van der Waals surface area contributed by atoms with Gasteiger partial charge < -0.3 is 9.64 Å². The topological polar surface area (TPSA) is 86.5 Å². The van der Waals surface area contributed by atoms with Crippen LogP contribution in [-0.2, 0) is 10.0 Å². The standard InChI is InChI=1S/C27H26F2N4O3S/c1-37(34,35)33-10-7-27(8-11-33)6-9-32(18-27)26-5-3-22(12-20(26)15-30)36-23-13-21(16-31-17-23)19-2-4-24(28)25(29)14-19/h2-5,12-14,16-17H,6-11,18H2,1H3. The van der Waals surface area contributed by atoms with E-state index in [1.807, 2.05) is 6.07 Å². The van der Waals surface area contributed by atoms with Gasteiger partial charge in [0, 0.05) is 44.0 Å². The van der Waals surface area contributed by atoms with Crippen molar-refractivity contribution < 1.29 is 21.9 Å². The number of anilines is 1. The molecule has 0 radical (unpaired) electrons. The van der Waals surface area contributed by atoms with Crippen molar-refractivity contribution in [3.05, 3.63) is 72.1 Å². The predicted molar refractivity (Wildman–Crippen MR) is 136 cm³/mol. The molecule has 0 amide bonds. The summed E-state index contributed by atoms with van der Waals surface area (Å²) >= 11 is 0. The third-order valence-corrected chi connectivity index (χ3v) is 8.62. The normalized spacial score (nSPS) is 17.6. The van der Waals surface area contributed by atoms with Crippen molar-refractivity contribution in [2.24, 2.45) is 5.41 Å². The second-order valence-electron chi connectivity index (χ2n) is 9.76. The highest BCUT2D eigenvalue weighted by Crippen LogP contribution is 2.43. The van der Waals surface area contributed by atoms with Crippen molar-refractivity contribution >= 4 is 15.7 Å². The number of pyridine rings is 1. The van der Waals surface area contributed by atoms with Crippen LogP contribution in [0.5, 0.6) is 11.5 Å². The molecule has 0 N–H and O–H groups in total. The van der Waals surface area contributed by atoms with E-state index in [2.05, 4.69) is 16.0 Å². The zero-order valence-corrected chi connectivity index (χ0v) is 21.1. The largest absolute Gasteiger partial charge is 0.456 e. The van der Waals surface area contributed by atoms with Gasteiger partial charge in [-0.3, -0.25) is 4.98 Å². The highest BCUT2D eigenvalue weighted by molar-refractivity contribution is 7.88. The fourth-order valence-corrected chi connectivity index (χ4v) is 6.08. The summed E-state index contributed by atoms with van der Waals surface area (Å²) in [4.78, 5) is 6.34. The van der Waals surface area contributed by atoms with E-state index < -0.39 is 21.7 Å². The van der Waals surface area contributed by atoms with Crippen molar-refractivity contribution in [1.82, 2.24) is 9.29 Å². The molecule has 1 aromatic heterocycles. The van der Waals surface area contributed by atoms with Crippen molar-refractivity contribution in [2.45, 2.75) is 19.3 Å². The molecule has 0 atom stereocenters. The quantitative estimate of drug-likeness (QED) is 0.470. The first-order chi connectivity index (χ1) is 17.7. The van der Waals surface area contributed by atoms with Gasteiger partial charge in [-0.15, -0.1) is 0 Å². The van der Waals surface area contributed by atoms with Gasteiger partial charge >= 0.3 is 0 Å². The summed E-state index contributed by atoms with van der Waals surface area (Å²) in [6.45, 7) is 2.64. The van der Waals surface area contributed by atoms with Crippen LogP contribution in [-0.4, -0.2) is 50.1 Å². The Morgan fingerprint density at radius 1 is 0.946 bits per heavy atom. The van der Waals surface area contributed by atoms with Crippen LogP contribution >= 0.6 is 0 Å². The molecule has 2 fully saturated rings. The number of piperidine rings is 1. The maximum atomic E-state index is 13.7. The highest BCUT2D eigenvalue weighted by atomic mass is 32.2. The average Bonchev–Trinajstić information content (AvgIpc) is 3.28. The number of rotatable bonds is 5. The molecule has 1 spiro atoms. The van der Waals surface area contributed by atoms with Crippen LogP contribution in [0.15, 0.2) is 54.9 Å². The Labute approximate surface area is 215 Å². The number of halogens is 2. The molecule has 3 aromatic rings. The Balaban J connectivity index is 1.30. The number of sulfonamides is 1. The SMILES string of the molecule is CS(=O)(=O)N1CCC2(CCN(c3ccc(Oc4cncc(-c5ccc(F)c(F)c5)c4)cc3C#N)C2)CC1. The fraction of sp³-hybridized carbons (Fsp3) is 0.333. The summed E-state index contributed by atoms with van der Waals surface area (Å²) in [5, 5.41) is 9.85. The number of benzene rings is 2. The van der Waals surface area contributed by atoms with E-state index in [0.717, 1.165) is 50.2 Å². The van der Waals surface area contributed by atoms with Crippen LogP contribution in [0.4, 0.5) is 14.5 Å². The lowest BCUT2D eigenvalue weighted by Crippen LogP contribution is -2.43. The van der Waals surface area contributed by atoms with Gasteiger partial charge in [-0.1, -0.05) is 6.07 Å². The first-order valence-electron chi connectivity index (χ1n) is 12.0. The molecule has 10 heteroatoms. The fourth-order valence-electron chi connectivity index (χ4n) is 5.23. The lowest BCUT2D eigenvalue weighted by atomic mass is 9.78. The number of hydrogen-bond donors (Lipinski definition) is 0. The molecular formula is C27H26F2N4O3S. The number of ether oxygens (including phenoxy) is 1. The van der Waals surface area contributed by atoms with Crippen molar-refractivity contribution in [1.29, 1.82) is 5.26 Å². The third-order valence-electron chi connectivity index (χ3n) is 7.32. The van der Waals surface area contributed by atoms with Crippen LogP contribution in [0, 0.1) is 28.4 Å². The molecule has 7 nitrogen and oxygen atoms in total. The molecule has 5 rings (SSSR count). The van der Waals surface area contributed by atoms with E-state index in [1.54, 1.807) is 22.5 Å². The van der Waals surface area contributed by atoms with E-state index in [1.165, 1.54) is 24.7 Å². The highest BCUT2D eigenvalue weighted by Gasteiger charge is 2.42. The van der Waals surface area contributed by atoms with Crippen LogP contribution in [0.1, 0.15) is 24.8 Å². The summed E-state index contributed by atoms with van der Waals surface area (Å²) in [6, 6.07) is 12.9. The maximum absolute atomic E-state index is 13.7. The molecule has 2 aliphatic heterocycles. The summed E-state index contributed by atoms with van der Waals surface area (Å²) < 4.78 is 58.2. The lowest BCUT2D eigenvalue weighted by molar-refractivity contribution is 0.177. The second-order valence-corrected chi connectivity index (χ2v) is 11.7. The van der Waals surface area contributed by atoms with E-state index in [0.29, 0.717) is 41.3 Å². The van der Waals surface area contributed by atoms with Crippen LogP contribution in [0.3, 0.4) is 0 Å². The summed E-state index contributed by atoms with van der Waals surface area (Å²) in [5.74, 6) is -1.00. The van der Waals surface area contributed by atoms with Gasteiger partial charge in [0.1, 0.15) is 17.6 Å². The molecule has 3 heterocycles. The summed E-state index contributed by atoms with van der Waals surface area (Å²) in [6.07, 6.45) is 6.87. The van der Waals surface area contributed by atoms with Gasteiger partial charge in [0.2, 0.25) is 10.0 Å². The van der Waals surface area contributed by atoms with Gasteiger partial charge in [-0.2, -0.15) is 5.26 Å². The first kappa shape index (κ1) is 25.1. The molecule has 2 aromatic carbocycles. The van der Waals surface area contributed by atoms with Crippen molar-refractivity contribution in [3.63, 3.8) is 0 Å². The second kappa shape index (κ2) is 9.72. The monoisotopic (exact) mass is 524 g/mol. The molecule has 0 bridgehead atoms. The van der Waals surface area contributed by atoms with E-state index in [9.17, 15) is 22.5 Å². The van der Waals surface area contributed by atoms with E-state index in [4.69, 9.17) is 4.74 Å². The van der Waals surface area contributed by atoms with Gasteiger partial charge in [0.15, 0.2) is 11.6 Å². The zero-order chi connectivity index (χ0) is 26.2. The van der Waals surface area contributed by atoms with Gasteiger partial charge in [-0.25, -0.2) is 21.5 Å². The maximum Gasteiger partial charge on any atom is 0.211 e. The van der Waals surface area contributed by atoms with E-state index >= 15 is 0 Å². The zero-order valence-electron chi connectivity index (χ0n) is 20.3. The van der Waals surface area contributed by atoms with Gasteiger partial charge in [0.25, 0.3) is 0 Å². The number of nitriles is 1. The minimum atomic E-state index is -3.17. The molecule has 2 aliphatic rings. The third kappa shape index (κ3) is 5.29. The molecular weight excluding hydrogens is 498 g/mol. The molecule has 37 heavy (non-hydrogen) atoms. The van der Waals surface area contributed by atoms with Crippen LogP contribution < -0.4 is 9.64 Å². The summed E-state index contributed by atoms with van der Waals surface area (Å²) in [7, 11) is -3.17. The average molecular weight is 525 g/mol. The van der Waals surface area contributed by atoms with Crippen molar-refractivity contribution in [2.75, 3.05) is 37.3 Å². The Morgan fingerprint density at radius 3 is 2.41 bits per heavy atom. The van der Waals surface area contributed by atoms with Gasteiger partial charge in [0.05, 0.1) is 23.7 Å². The summed E-state index contributed by atoms with van der Waals surface area (Å²) in [5.41, 5.74) is 2.39. The Bertz CT molecular complexity index is 1480.